The molecule has 1 unspecified atom stereocenters. The van der Waals surface area contributed by atoms with Gasteiger partial charge in [-0.1, -0.05) is 36.0 Å². The summed E-state index contributed by atoms with van der Waals surface area (Å²) in [5, 5.41) is 9.43. The Morgan fingerprint density at radius 3 is 2.71 bits per heavy atom. The quantitative estimate of drug-likeness (QED) is 0.364. The third kappa shape index (κ3) is 4.81. The predicted octanol–water partition coefficient (Wildman–Crippen LogP) is 5.65. The van der Waals surface area contributed by atoms with Crippen molar-refractivity contribution in [1.82, 2.24) is 14.8 Å². The summed E-state index contributed by atoms with van der Waals surface area (Å²) in [6.07, 6.45) is 1.54. The van der Waals surface area contributed by atoms with Crippen LogP contribution in [0, 0.1) is 19.7 Å². The number of hydrogen-bond donors (Lipinski definition) is 0. The summed E-state index contributed by atoms with van der Waals surface area (Å²) in [6, 6.07) is 12.6. The summed E-state index contributed by atoms with van der Waals surface area (Å²) >= 11 is 1.52. The molecule has 1 heterocycles. The Labute approximate surface area is 169 Å². The summed E-state index contributed by atoms with van der Waals surface area (Å²) in [7, 11) is 0. The maximum atomic E-state index is 13.4. The number of aromatic nitrogens is 3. The summed E-state index contributed by atoms with van der Waals surface area (Å²) in [5.41, 5.74) is 3.31. The zero-order valence-electron chi connectivity index (χ0n) is 16.4. The van der Waals surface area contributed by atoms with Crippen molar-refractivity contribution in [3.05, 3.63) is 83.5 Å². The van der Waals surface area contributed by atoms with Gasteiger partial charge in [-0.3, -0.25) is 4.57 Å². The molecule has 0 saturated carbocycles. The van der Waals surface area contributed by atoms with E-state index in [9.17, 15) is 4.39 Å². The molecule has 0 bridgehead atoms. The molecule has 0 N–H and O–H groups in total. The molecule has 28 heavy (non-hydrogen) atoms. The second-order valence-corrected chi connectivity index (χ2v) is 7.61. The molecular weight excluding hydrogens is 373 g/mol. The van der Waals surface area contributed by atoms with E-state index in [-0.39, 0.29) is 11.9 Å². The van der Waals surface area contributed by atoms with Crippen LogP contribution in [-0.4, -0.2) is 14.8 Å². The van der Waals surface area contributed by atoms with Crippen LogP contribution in [0.2, 0.25) is 0 Å². The topological polar surface area (TPSA) is 39.9 Å². The minimum Gasteiger partial charge on any atom is -0.483 e. The Morgan fingerprint density at radius 2 is 2.00 bits per heavy atom. The van der Waals surface area contributed by atoms with Crippen LogP contribution in [0.25, 0.3) is 0 Å². The summed E-state index contributed by atoms with van der Waals surface area (Å²) < 4.78 is 21.5. The van der Waals surface area contributed by atoms with Gasteiger partial charge in [0.15, 0.2) is 17.1 Å². The lowest BCUT2D eigenvalue weighted by atomic mass is 10.1. The molecule has 2 aromatic carbocycles. The van der Waals surface area contributed by atoms with Gasteiger partial charge in [0.2, 0.25) is 0 Å². The maximum absolute atomic E-state index is 13.4. The van der Waals surface area contributed by atoms with Crippen molar-refractivity contribution in [1.29, 1.82) is 0 Å². The van der Waals surface area contributed by atoms with Crippen LogP contribution in [-0.2, 0) is 12.3 Å². The van der Waals surface area contributed by atoms with E-state index >= 15 is 0 Å². The molecule has 0 aliphatic heterocycles. The monoisotopic (exact) mass is 397 g/mol. The SMILES string of the molecule is C=CCn1c(SCc2cccc(F)c2)nnc1C(C)Oc1ccc(C)c(C)c1. The van der Waals surface area contributed by atoms with Gasteiger partial charge in [0.25, 0.3) is 0 Å². The van der Waals surface area contributed by atoms with E-state index in [0.717, 1.165) is 22.3 Å². The molecule has 0 aliphatic carbocycles. The highest BCUT2D eigenvalue weighted by molar-refractivity contribution is 7.98. The first-order valence-electron chi connectivity index (χ1n) is 9.13. The van der Waals surface area contributed by atoms with Crippen molar-refractivity contribution in [3.63, 3.8) is 0 Å². The molecular formula is C22H24FN3OS. The van der Waals surface area contributed by atoms with Crippen molar-refractivity contribution in [2.45, 2.75) is 44.3 Å². The van der Waals surface area contributed by atoms with Crippen LogP contribution in [0.5, 0.6) is 5.75 Å². The Morgan fingerprint density at radius 1 is 1.18 bits per heavy atom. The van der Waals surface area contributed by atoms with Gasteiger partial charge in [-0.05, 0) is 61.7 Å². The third-order valence-corrected chi connectivity index (χ3v) is 5.51. The van der Waals surface area contributed by atoms with Gasteiger partial charge in [0, 0.05) is 12.3 Å². The highest BCUT2D eigenvalue weighted by atomic mass is 32.2. The van der Waals surface area contributed by atoms with Crippen molar-refractivity contribution >= 4 is 11.8 Å². The van der Waals surface area contributed by atoms with Crippen molar-refractivity contribution in [3.8, 4) is 5.75 Å². The van der Waals surface area contributed by atoms with E-state index < -0.39 is 0 Å². The number of nitrogens with zero attached hydrogens (tertiary/aromatic N) is 3. The summed E-state index contributed by atoms with van der Waals surface area (Å²) in [4.78, 5) is 0. The lowest BCUT2D eigenvalue weighted by Gasteiger charge is -2.16. The summed E-state index contributed by atoms with van der Waals surface area (Å²) in [5.74, 6) is 1.92. The number of allylic oxidation sites excluding steroid dienone is 1. The van der Waals surface area contributed by atoms with Crippen LogP contribution in [0.15, 0.2) is 60.3 Å². The molecule has 0 aliphatic rings. The molecule has 4 nitrogen and oxygen atoms in total. The number of ether oxygens (including phenoxy) is 1. The van der Waals surface area contributed by atoms with Crippen LogP contribution in [0.1, 0.15) is 35.5 Å². The molecule has 0 fully saturated rings. The molecule has 0 amide bonds. The fourth-order valence-electron chi connectivity index (χ4n) is 2.83. The molecule has 1 aromatic heterocycles. The van der Waals surface area contributed by atoms with Crippen LogP contribution in [0.4, 0.5) is 4.39 Å². The van der Waals surface area contributed by atoms with Gasteiger partial charge in [-0.2, -0.15) is 0 Å². The van der Waals surface area contributed by atoms with Gasteiger partial charge in [0.1, 0.15) is 11.6 Å². The zero-order valence-corrected chi connectivity index (χ0v) is 17.2. The van der Waals surface area contributed by atoms with E-state index in [1.54, 1.807) is 6.07 Å². The van der Waals surface area contributed by atoms with Crippen molar-refractivity contribution < 1.29 is 9.13 Å². The highest BCUT2D eigenvalue weighted by Crippen LogP contribution is 2.27. The van der Waals surface area contributed by atoms with Gasteiger partial charge in [-0.15, -0.1) is 16.8 Å². The molecule has 3 aromatic rings. The first-order chi connectivity index (χ1) is 13.5. The number of halogens is 1. The molecule has 0 radical (unpaired) electrons. The summed E-state index contributed by atoms with van der Waals surface area (Å²) in [6.45, 7) is 10.5. The molecule has 0 saturated heterocycles. The first-order valence-corrected chi connectivity index (χ1v) is 10.1. The van der Waals surface area contributed by atoms with Crippen molar-refractivity contribution in [2.75, 3.05) is 0 Å². The average molecular weight is 398 g/mol. The number of rotatable bonds is 8. The Balaban J connectivity index is 1.77. The third-order valence-electron chi connectivity index (χ3n) is 4.47. The molecule has 146 valence electrons. The standard InChI is InChI=1S/C22H24FN3OS/c1-5-11-26-21(17(4)27-20-10-9-15(2)16(3)12-20)24-25-22(26)28-14-18-7-6-8-19(23)13-18/h5-10,12-13,17H,1,11,14H2,2-4H3. The lowest BCUT2D eigenvalue weighted by Crippen LogP contribution is -2.12. The second-order valence-electron chi connectivity index (χ2n) is 6.66. The zero-order chi connectivity index (χ0) is 20.1. The Hall–Kier alpha value is -2.60. The number of thioether (sulfide) groups is 1. The Kier molecular flexibility index (Phi) is 6.52. The van der Waals surface area contributed by atoms with E-state index in [1.165, 1.54) is 35.0 Å². The number of hydrogen-bond acceptors (Lipinski definition) is 4. The largest absolute Gasteiger partial charge is 0.483 e. The lowest BCUT2D eigenvalue weighted by molar-refractivity contribution is 0.210. The number of aryl methyl sites for hydroxylation is 2. The smallest absolute Gasteiger partial charge is 0.191 e. The van der Waals surface area contributed by atoms with Crippen LogP contribution < -0.4 is 4.74 Å². The van der Waals surface area contributed by atoms with Crippen molar-refractivity contribution in [2.24, 2.45) is 0 Å². The van der Waals surface area contributed by atoms with Crippen LogP contribution >= 0.6 is 11.8 Å². The molecule has 1 atom stereocenters. The van der Waals surface area contributed by atoms with Gasteiger partial charge < -0.3 is 4.74 Å². The Bertz CT molecular complexity index is 970. The molecule has 0 spiro atoms. The van der Waals surface area contributed by atoms with Crippen LogP contribution in [0.3, 0.4) is 0 Å². The second kappa shape index (κ2) is 9.06. The fraction of sp³-hybridized carbons (Fsp3) is 0.273. The normalized spacial score (nSPS) is 12.0. The minimum atomic E-state index is -0.266. The van der Waals surface area contributed by atoms with E-state index in [1.807, 2.05) is 41.8 Å². The fourth-order valence-corrected chi connectivity index (χ4v) is 3.72. The van der Waals surface area contributed by atoms with Gasteiger partial charge >= 0.3 is 0 Å². The first kappa shape index (κ1) is 20.1. The predicted molar refractivity (Wildman–Crippen MR) is 111 cm³/mol. The van der Waals surface area contributed by atoms with E-state index in [2.05, 4.69) is 30.6 Å². The highest BCUT2D eigenvalue weighted by Gasteiger charge is 2.19. The van der Waals surface area contributed by atoms with E-state index in [4.69, 9.17) is 4.74 Å². The average Bonchev–Trinajstić information content (AvgIpc) is 3.06. The molecule has 3 rings (SSSR count). The van der Waals surface area contributed by atoms with Gasteiger partial charge in [0.05, 0.1) is 0 Å². The van der Waals surface area contributed by atoms with Gasteiger partial charge in [-0.25, -0.2) is 4.39 Å². The van der Waals surface area contributed by atoms with E-state index in [0.29, 0.717) is 12.3 Å². The molecule has 6 heteroatoms. The number of benzene rings is 2. The maximum Gasteiger partial charge on any atom is 0.191 e. The minimum absolute atomic E-state index is 0.234.